The highest BCUT2D eigenvalue weighted by atomic mass is 33.1. The standard InChI is InChI=1S/C26H32N6O2S2.2C10H14N2/c1-2-21(27)19-7-3-5-9-23(19)31-17-25(33)29-12-15-35-36-16-13-30-26(34)18-32-14-11-22(28)20-8-4-6-10-24(20)32;2*1-12-6-2-3-8-7-9(11)4-5-10(8)12/h2-11,14,28,31H,12-13,15-18,27H2,1H3,(H2,29,30,33,34);2*4-5,7H,2-3,6,11H2,1H3/p+2/b21-2+;;. The number of hydrogen-bond donors (Lipinski definition) is 7. The van der Waals surface area contributed by atoms with Crippen molar-refractivity contribution in [3.05, 3.63) is 120 Å². The second-order valence-electron chi connectivity index (χ2n) is 14.8. The Labute approximate surface area is 362 Å². The Kier molecular flexibility index (Phi) is 17.7. The number of benzene rings is 4. The molecule has 0 atom stereocenters. The third-order valence-corrected chi connectivity index (χ3v) is 12.8. The normalized spacial score (nSPS) is 13.2. The minimum absolute atomic E-state index is 0.0191. The van der Waals surface area contributed by atoms with Gasteiger partial charge in [-0.05, 0) is 98.3 Å². The zero-order chi connectivity index (χ0) is 42.9. The Morgan fingerprint density at radius 3 is 1.95 bits per heavy atom. The van der Waals surface area contributed by atoms with Gasteiger partial charge in [0, 0.05) is 92.4 Å². The highest BCUT2D eigenvalue weighted by molar-refractivity contribution is 8.76. The average molecular weight is 851 g/mol. The highest BCUT2D eigenvalue weighted by Gasteiger charge is 2.16. The molecule has 0 fully saturated rings. The first-order valence-corrected chi connectivity index (χ1v) is 23.0. The Balaban J connectivity index is 0.000000227. The van der Waals surface area contributed by atoms with Crippen molar-refractivity contribution in [1.29, 1.82) is 0 Å². The lowest BCUT2D eigenvalue weighted by Crippen LogP contribution is -2.81. The number of nitrogens with zero attached hydrogens (tertiary/aromatic N) is 3. The number of carbonyl (C=O) groups excluding carboxylic acids is 2. The van der Waals surface area contributed by atoms with Gasteiger partial charge in [0.2, 0.25) is 12.1 Å². The number of nitrogen functional groups attached to an aromatic ring is 3. The maximum absolute atomic E-state index is 12.4. The van der Waals surface area contributed by atoms with E-state index >= 15 is 0 Å². The number of fused-ring (bicyclic) bond motifs is 3. The van der Waals surface area contributed by atoms with Crippen LogP contribution in [-0.2, 0) is 29.0 Å². The number of anilines is 5. The molecule has 5 aromatic rings. The number of allylic oxidation sites excluding steroid dienone is 1. The SMILES string of the molecule is C/C=C(/N)c1ccccc1[NH2+]CC(=O)NCCSSCCNC(=O)C[n+]1ccc(N)c2ccccc21.CN1CCCc2cc(N)ccc21.CN1CCCc2cc(N)ccc21. The zero-order valence-electron chi connectivity index (χ0n) is 35.2. The third-order valence-electron chi connectivity index (χ3n) is 10.4. The van der Waals surface area contributed by atoms with Crippen LogP contribution in [0.1, 0.15) is 36.5 Å². The summed E-state index contributed by atoms with van der Waals surface area (Å²) in [5.41, 5.74) is 34.9. The van der Waals surface area contributed by atoms with Crippen LogP contribution in [0.25, 0.3) is 16.6 Å². The first-order valence-electron chi connectivity index (χ1n) is 20.5. The van der Waals surface area contributed by atoms with Gasteiger partial charge in [0.05, 0.1) is 16.6 Å². The van der Waals surface area contributed by atoms with Crippen LogP contribution in [-0.4, -0.2) is 70.1 Å². The number of hydrogen-bond acceptors (Lipinski definition) is 10. The molecule has 60 heavy (non-hydrogen) atoms. The van der Waals surface area contributed by atoms with Gasteiger partial charge in [-0.3, -0.25) is 9.59 Å². The fourth-order valence-electron chi connectivity index (χ4n) is 7.22. The molecule has 14 heteroatoms. The number of para-hydroxylation sites is 2. The van der Waals surface area contributed by atoms with Crippen LogP contribution in [0.2, 0.25) is 0 Å². The number of rotatable bonds is 13. The second kappa shape index (κ2) is 23.3. The third kappa shape index (κ3) is 13.5. The van der Waals surface area contributed by atoms with E-state index in [1.807, 2.05) is 95.8 Å². The van der Waals surface area contributed by atoms with Gasteiger partial charge in [-0.25, -0.2) is 0 Å². The van der Waals surface area contributed by atoms with Crippen molar-refractivity contribution in [3.8, 4) is 0 Å². The van der Waals surface area contributed by atoms with E-state index < -0.39 is 0 Å². The lowest BCUT2D eigenvalue weighted by atomic mass is 10.0. The first kappa shape index (κ1) is 45.5. The van der Waals surface area contributed by atoms with Gasteiger partial charge in [-0.15, -0.1) is 0 Å². The second-order valence-corrected chi connectivity index (χ2v) is 17.5. The molecule has 7 rings (SSSR count). The molecule has 2 aliphatic heterocycles. The number of pyridine rings is 1. The quantitative estimate of drug-likeness (QED) is 0.0374. The van der Waals surface area contributed by atoms with Crippen molar-refractivity contribution >= 4 is 84.1 Å². The van der Waals surface area contributed by atoms with Crippen molar-refractivity contribution in [2.75, 3.05) is 85.3 Å². The lowest BCUT2D eigenvalue weighted by Gasteiger charge is -2.27. The van der Waals surface area contributed by atoms with Crippen molar-refractivity contribution < 1.29 is 19.5 Å². The summed E-state index contributed by atoms with van der Waals surface area (Å²) in [6.07, 6.45) is 8.52. The fourth-order valence-corrected chi connectivity index (χ4v) is 9.03. The summed E-state index contributed by atoms with van der Waals surface area (Å²) in [4.78, 5) is 29.1. The summed E-state index contributed by atoms with van der Waals surface area (Å²) in [6, 6.07) is 29.7. The topological polar surface area (TPSA) is 189 Å². The molecule has 0 bridgehead atoms. The van der Waals surface area contributed by atoms with E-state index in [0.29, 0.717) is 31.0 Å². The fraction of sp³-hybridized carbons (Fsp3) is 0.326. The van der Waals surface area contributed by atoms with Crippen LogP contribution in [0, 0.1) is 0 Å². The molecule has 0 spiro atoms. The van der Waals surface area contributed by atoms with Crippen LogP contribution in [0.4, 0.5) is 34.1 Å². The molecule has 318 valence electrons. The maximum atomic E-state index is 12.4. The molecule has 3 heterocycles. The van der Waals surface area contributed by atoms with Crippen LogP contribution in [0.15, 0.2) is 103 Å². The predicted octanol–water partition coefficient (Wildman–Crippen LogP) is 4.84. The monoisotopic (exact) mass is 850 g/mol. The van der Waals surface area contributed by atoms with E-state index in [0.717, 1.165) is 58.1 Å². The van der Waals surface area contributed by atoms with E-state index in [9.17, 15) is 9.59 Å². The highest BCUT2D eigenvalue weighted by Crippen LogP contribution is 2.28. The van der Waals surface area contributed by atoms with Crippen molar-refractivity contribution in [2.45, 2.75) is 39.2 Å². The molecular weight excluding hydrogens is 789 g/mol. The number of carbonyl (C=O) groups is 2. The largest absolute Gasteiger partial charge is 0.399 e. The van der Waals surface area contributed by atoms with Gasteiger partial charge in [0.1, 0.15) is 5.69 Å². The molecule has 2 aliphatic rings. The minimum Gasteiger partial charge on any atom is -0.399 e. The van der Waals surface area contributed by atoms with E-state index in [4.69, 9.17) is 22.9 Å². The van der Waals surface area contributed by atoms with Gasteiger partial charge in [-0.2, -0.15) is 4.57 Å². The number of amides is 2. The van der Waals surface area contributed by atoms with Gasteiger partial charge in [-0.1, -0.05) is 51.9 Å². The number of nitrogens with one attached hydrogen (secondary N) is 2. The van der Waals surface area contributed by atoms with Gasteiger partial charge < -0.3 is 48.7 Å². The molecule has 0 saturated heterocycles. The molecule has 0 unspecified atom stereocenters. The lowest BCUT2D eigenvalue weighted by molar-refractivity contribution is -0.658. The van der Waals surface area contributed by atoms with Crippen molar-refractivity contribution in [2.24, 2.45) is 5.73 Å². The molecule has 1 aromatic heterocycles. The van der Waals surface area contributed by atoms with Crippen molar-refractivity contribution in [3.63, 3.8) is 0 Å². The summed E-state index contributed by atoms with van der Waals surface area (Å²) in [7, 11) is 7.62. The molecular formula is C46H62N10O2S2+2. The molecule has 4 aromatic carbocycles. The Bertz CT molecular complexity index is 2170. The van der Waals surface area contributed by atoms with E-state index in [1.54, 1.807) is 21.6 Å². The van der Waals surface area contributed by atoms with E-state index in [-0.39, 0.29) is 18.4 Å². The summed E-state index contributed by atoms with van der Waals surface area (Å²) in [6.45, 7) is 5.95. The molecule has 0 aliphatic carbocycles. The van der Waals surface area contributed by atoms with Crippen LogP contribution in [0.5, 0.6) is 0 Å². The Morgan fingerprint density at radius 2 is 1.33 bits per heavy atom. The van der Waals surface area contributed by atoms with Crippen LogP contribution in [0.3, 0.4) is 0 Å². The number of aryl methyl sites for hydroxylation is 2. The van der Waals surface area contributed by atoms with E-state index in [1.165, 1.54) is 48.2 Å². The molecule has 12 N–H and O–H groups in total. The smallest absolute Gasteiger partial charge is 0.286 e. The molecule has 0 radical (unpaired) electrons. The summed E-state index contributed by atoms with van der Waals surface area (Å²) in [5.74, 6) is 1.52. The Morgan fingerprint density at radius 1 is 0.767 bits per heavy atom. The Hall–Kier alpha value is -5.57. The number of aromatic nitrogens is 1. The van der Waals surface area contributed by atoms with Gasteiger partial charge >= 0.3 is 0 Å². The average Bonchev–Trinajstić information content (AvgIpc) is 3.25. The van der Waals surface area contributed by atoms with Gasteiger partial charge in [0.25, 0.3) is 11.8 Å². The summed E-state index contributed by atoms with van der Waals surface area (Å²) < 4.78 is 1.90. The maximum Gasteiger partial charge on any atom is 0.286 e. The summed E-state index contributed by atoms with van der Waals surface area (Å²) >= 11 is 0. The van der Waals surface area contributed by atoms with E-state index in [2.05, 4.69) is 58.8 Å². The molecule has 12 nitrogen and oxygen atoms in total. The minimum atomic E-state index is -0.0400. The van der Waals surface area contributed by atoms with Crippen molar-refractivity contribution in [1.82, 2.24) is 10.6 Å². The van der Waals surface area contributed by atoms with Crippen LogP contribution < -0.4 is 53.3 Å². The molecule has 0 saturated carbocycles. The first-order chi connectivity index (χ1) is 29.0. The van der Waals surface area contributed by atoms with Crippen LogP contribution >= 0.6 is 21.6 Å². The number of quaternary nitrogens is 1. The zero-order valence-corrected chi connectivity index (χ0v) is 36.8. The predicted molar refractivity (Wildman–Crippen MR) is 255 cm³/mol. The number of nitrogens with two attached hydrogens (primary N) is 5. The van der Waals surface area contributed by atoms with Gasteiger partial charge in [0.15, 0.2) is 12.7 Å². The molecule has 2 amide bonds. The summed E-state index contributed by atoms with van der Waals surface area (Å²) in [5, 5.41) is 8.73.